The zero-order valence-corrected chi connectivity index (χ0v) is 16.2. The van der Waals surface area contributed by atoms with Crippen molar-refractivity contribution >= 4 is 29.2 Å². The molecule has 0 aliphatic carbocycles. The Hall–Kier alpha value is -2.02. The first-order valence-corrected chi connectivity index (χ1v) is 9.76. The predicted molar refractivity (Wildman–Crippen MR) is 106 cm³/mol. The summed E-state index contributed by atoms with van der Waals surface area (Å²) in [5.41, 5.74) is 7.15. The Bertz CT molecular complexity index is 779. The zero-order chi connectivity index (χ0) is 18.7. The molecular weight excluding hydrogens is 346 g/mol. The Labute approximate surface area is 159 Å². The fraction of sp³-hybridized carbons (Fsp3) is 0.350. The van der Waals surface area contributed by atoms with Crippen molar-refractivity contribution < 1.29 is 10.0 Å². The number of fused-ring (bicyclic) bond motifs is 1. The first-order chi connectivity index (χ1) is 12.5. The van der Waals surface area contributed by atoms with E-state index in [-0.39, 0.29) is 11.9 Å². The normalized spacial score (nSPS) is 16.0. The van der Waals surface area contributed by atoms with E-state index >= 15 is 0 Å². The third-order valence-corrected chi connectivity index (χ3v) is 5.35. The van der Waals surface area contributed by atoms with E-state index in [0.29, 0.717) is 6.42 Å². The van der Waals surface area contributed by atoms with Crippen LogP contribution in [0.4, 0.5) is 11.4 Å². The van der Waals surface area contributed by atoms with E-state index in [1.54, 1.807) is 0 Å². The molecule has 1 aliphatic rings. The fourth-order valence-electron chi connectivity index (χ4n) is 3.26. The molecule has 3 rings (SSSR count). The minimum absolute atomic E-state index is 0.151. The third kappa shape index (κ3) is 4.03. The van der Waals surface area contributed by atoms with E-state index in [1.807, 2.05) is 54.3 Å². The Morgan fingerprint density at radius 2 is 2.00 bits per heavy atom. The largest absolute Gasteiger partial charge is 0.309 e. The van der Waals surface area contributed by atoms with Gasteiger partial charge in [-0.05, 0) is 65.8 Å². The highest BCUT2D eigenvalue weighted by Gasteiger charge is 2.30. The smallest absolute Gasteiger partial charge is 0.226 e. The Morgan fingerprint density at radius 1 is 1.27 bits per heavy atom. The van der Waals surface area contributed by atoms with Gasteiger partial charge in [0.15, 0.2) is 0 Å². The van der Waals surface area contributed by atoms with Gasteiger partial charge in [-0.15, -0.1) is 0 Å². The van der Waals surface area contributed by atoms with Gasteiger partial charge in [-0.3, -0.25) is 15.4 Å². The van der Waals surface area contributed by atoms with Crippen molar-refractivity contribution in [2.24, 2.45) is 0 Å². The summed E-state index contributed by atoms with van der Waals surface area (Å²) in [7, 11) is 0. The molecular formula is C20H25N3O2S. The van der Waals surface area contributed by atoms with Crippen LogP contribution in [-0.2, 0) is 17.6 Å². The summed E-state index contributed by atoms with van der Waals surface area (Å²) in [4.78, 5) is 15.0. The van der Waals surface area contributed by atoms with Gasteiger partial charge in [-0.25, -0.2) is 0 Å². The molecule has 2 aromatic rings. The molecule has 0 saturated heterocycles. The summed E-state index contributed by atoms with van der Waals surface area (Å²) in [6, 6.07) is 14.1. The monoisotopic (exact) mass is 371 g/mol. The molecule has 6 heteroatoms. The number of hydrogen-bond donors (Lipinski definition) is 2. The van der Waals surface area contributed by atoms with Crippen LogP contribution in [0.15, 0.2) is 47.4 Å². The van der Waals surface area contributed by atoms with E-state index < -0.39 is 0 Å². The molecule has 2 N–H and O–H groups in total. The van der Waals surface area contributed by atoms with Gasteiger partial charge < -0.3 is 4.90 Å². The van der Waals surface area contributed by atoms with E-state index in [1.165, 1.54) is 17.5 Å². The summed E-state index contributed by atoms with van der Waals surface area (Å²) in [5.74, 6) is 0.151. The molecule has 1 heterocycles. The van der Waals surface area contributed by atoms with E-state index in [2.05, 4.69) is 19.3 Å². The van der Waals surface area contributed by atoms with Gasteiger partial charge in [0.2, 0.25) is 5.91 Å². The highest BCUT2D eigenvalue weighted by molar-refractivity contribution is 7.97. The first-order valence-electron chi connectivity index (χ1n) is 8.99. The molecule has 0 spiro atoms. The predicted octanol–water partition coefficient (Wildman–Crippen LogP) is 4.66. The Kier molecular flexibility index (Phi) is 5.86. The molecule has 5 nitrogen and oxygen atoms in total. The van der Waals surface area contributed by atoms with Crippen LogP contribution in [0.2, 0.25) is 0 Å². The average Bonchev–Trinajstić information content (AvgIpc) is 2.96. The van der Waals surface area contributed by atoms with Crippen LogP contribution in [-0.4, -0.2) is 21.7 Å². The lowest BCUT2D eigenvalue weighted by Gasteiger charge is -2.22. The average molecular weight is 372 g/mol. The van der Waals surface area contributed by atoms with Gasteiger partial charge in [0.1, 0.15) is 0 Å². The number of nitrogens with one attached hydrogen (secondary N) is 1. The second kappa shape index (κ2) is 8.12. The highest BCUT2D eigenvalue weighted by atomic mass is 32.2. The Balaban J connectivity index is 1.67. The van der Waals surface area contributed by atoms with Crippen molar-refractivity contribution in [2.45, 2.75) is 51.0 Å². The van der Waals surface area contributed by atoms with Crippen LogP contribution in [0.1, 0.15) is 38.3 Å². The summed E-state index contributed by atoms with van der Waals surface area (Å²) in [6.45, 7) is 6.07. The molecule has 2 aromatic carbocycles. The maximum absolute atomic E-state index is 12.2. The minimum Gasteiger partial charge on any atom is -0.309 e. The lowest BCUT2D eigenvalue weighted by molar-refractivity contribution is -0.118. The van der Waals surface area contributed by atoms with Crippen molar-refractivity contribution in [3.8, 4) is 0 Å². The molecule has 0 bridgehead atoms. The second-order valence-electron chi connectivity index (χ2n) is 6.49. The van der Waals surface area contributed by atoms with Crippen molar-refractivity contribution in [3.63, 3.8) is 0 Å². The molecule has 0 saturated carbocycles. The van der Waals surface area contributed by atoms with E-state index in [4.69, 9.17) is 0 Å². The van der Waals surface area contributed by atoms with Gasteiger partial charge >= 0.3 is 0 Å². The number of anilines is 2. The van der Waals surface area contributed by atoms with Crippen LogP contribution < -0.4 is 10.3 Å². The van der Waals surface area contributed by atoms with Crippen molar-refractivity contribution in [2.75, 3.05) is 10.3 Å². The second-order valence-corrected chi connectivity index (χ2v) is 7.49. The molecule has 1 aliphatic heterocycles. The number of carbonyl (C=O) groups is 1. The number of hydrogen-bond acceptors (Lipinski definition) is 5. The number of nitrogens with zero attached hydrogens (tertiary/aromatic N) is 2. The van der Waals surface area contributed by atoms with Crippen LogP contribution in [0.3, 0.4) is 0 Å². The van der Waals surface area contributed by atoms with Crippen LogP contribution in [0, 0.1) is 0 Å². The van der Waals surface area contributed by atoms with Gasteiger partial charge in [0.25, 0.3) is 0 Å². The van der Waals surface area contributed by atoms with Gasteiger partial charge in [0.05, 0.1) is 5.69 Å². The summed E-state index contributed by atoms with van der Waals surface area (Å²) >= 11 is 1.21. The van der Waals surface area contributed by atoms with Crippen molar-refractivity contribution in [3.05, 3.63) is 53.6 Å². The van der Waals surface area contributed by atoms with Crippen LogP contribution in [0.5, 0.6) is 0 Å². The lowest BCUT2D eigenvalue weighted by atomic mass is 10.1. The molecule has 1 amide bonds. The summed E-state index contributed by atoms with van der Waals surface area (Å²) < 4.78 is 1.01. The van der Waals surface area contributed by atoms with Crippen molar-refractivity contribution in [1.82, 2.24) is 4.58 Å². The maximum Gasteiger partial charge on any atom is 0.226 e. The summed E-state index contributed by atoms with van der Waals surface area (Å²) in [6.07, 6.45) is 2.33. The zero-order valence-electron chi connectivity index (χ0n) is 15.4. The van der Waals surface area contributed by atoms with Gasteiger partial charge in [-0.2, -0.15) is 0 Å². The molecule has 138 valence electrons. The fourth-order valence-corrected chi connectivity index (χ4v) is 3.94. The van der Waals surface area contributed by atoms with Gasteiger partial charge in [-0.1, -0.05) is 26.0 Å². The maximum atomic E-state index is 12.2. The highest BCUT2D eigenvalue weighted by Crippen LogP contribution is 2.36. The number of amides is 1. The standard InChI is InChI=1S/C20H25N3O2S/c1-4-15-6-8-17(9-7-15)21-23(25)26-18-10-11-19-16(13-18)12-14(3)22(19)20(24)5-2/h6-11,13-14,21,25H,4-5,12H2,1-3H3. The van der Waals surface area contributed by atoms with E-state index in [0.717, 1.165) is 39.3 Å². The topological polar surface area (TPSA) is 55.8 Å². The molecule has 0 aromatic heterocycles. The molecule has 26 heavy (non-hydrogen) atoms. The molecule has 0 radical (unpaired) electrons. The number of aryl methyl sites for hydroxylation is 1. The molecule has 1 unspecified atom stereocenters. The quantitative estimate of drug-likeness (QED) is 0.571. The lowest BCUT2D eigenvalue weighted by Crippen LogP contribution is -2.35. The SMILES string of the molecule is CCC(=O)N1c2ccc(SN(O)Nc3ccc(CC)cc3)cc2CC1C. The number of rotatable bonds is 6. The number of benzene rings is 2. The first kappa shape index (κ1) is 18.8. The van der Waals surface area contributed by atoms with Crippen LogP contribution >= 0.6 is 11.9 Å². The number of hydrazine groups is 1. The third-order valence-electron chi connectivity index (χ3n) is 4.62. The van der Waals surface area contributed by atoms with Crippen LogP contribution in [0.25, 0.3) is 0 Å². The Morgan fingerprint density at radius 3 is 2.65 bits per heavy atom. The van der Waals surface area contributed by atoms with Gasteiger partial charge in [0, 0.05) is 35.0 Å². The molecule has 0 fully saturated rings. The minimum atomic E-state index is 0.151. The summed E-state index contributed by atoms with van der Waals surface area (Å²) in [5, 5.41) is 10.2. The molecule has 1 atom stereocenters. The van der Waals surface area contributed by atoms with Crippen molar-refractivity contribution in [1.29, 1.82) is 0 Å². The number of carbonyl (C=O) groups excluding carboxylic acids is 1. The van der Waals surface area contributed by atoms with E-state index in [9.17, 15) is 10.0 Å².